The first kappa shape index (κ1) is 13.8. The van der Waals surface area contributed by atoms with Crippen molar-refractivity contribution < 1.29 is 0 Å². The smallest absolute Gasteiger partial charge is 0.131 e. The number of fused-ring (bicyclic) bond motifs is 1. The van der Waals surface area contributed by atoms with Gasteiger partial charge in [-0.2, -0.15) is 0 Å². The minimum Gasteiger partial charge on any atom is -0.334 e. The molecule has 3 rings (SSSR count). The maximum Gasteiger partial charge on any atom is 0.131 e. The van der Waals surface area contributed by atoms with E-state index in [0.717, 1.165) is 25.3 Å². The zero-order valence-corrected chi connectivity index (χ0v) is 13.4. The number of aromatic nitrogens is 2. The summed E-state index contributed by atoms with van der Waals surface area (Å²) in [6, 6.07) is 4.72. The molecule has 0 aromatic carbocycles. The van der Waals surface area contributed by atoms with Crippen molar-refractivity contribution >= 4 is 32.1 Å². The Kier molecular flexibility index (Phi) is 4.19. The molecule has 0 saturated carbocycles. The van der Waals surface area contributed by atoms with Gasteiger partial charge in [0.15, 0.2) is 0 Å². The second-order valence-electron chi connectivity index (χ2n) is 4.76. The maximum atomic E-state index is 4.58. The fourth-order valence-corrected chi connectivity index (χ4v) is 4.58. The second-order valence-corrected chi connectivity index (χ2v) is 6.82. The molecule has 3 nitrogen and oxygen atoms in total. The summed E-state index contributed by atoms with van der Waals surface area (Å²) in [4.78, 5) is 5.94. The first-order valence-corrected chi connectivity index (χ1v) is 8.74. The van der Waals surface area contributed by atoms with Crippen molar-refractivity contribution in [2.24, 2.45) is 0 Å². The highest BCUT2D eigenvalue weighted by atomic mass is 32.1. The molecule has 5 heteroatoms. The number of nitrogens with one attached hydrogen (secondary N) is 1. The van der Waals surface area contributed by atoms with Crippen LogP contribution in [0.15, 0.2) is 29.9 Å². The third-order valence-corrected chi connectivity index (χ3v) is 5.55. The van der Waals surface area contributed by atoms with E-state index in [2.05, 4.69) is 52.4 Å². The van der Waals surface area contributed by atoms with Gasteiger partial charge in [0.25, 0.3) is 0 Å². The van der Waals surface area contributed by atoms with Crippen molar-refractivity contribution in [2.75, 3.05) is 6.54 Å². The minimum atomic E-state index is 0.203. The van der Waals surface area contributed by atoms with E-state index in [4.69, 9.17) is 0 Å². The molecular formula is C15H19N3S2. The summed E-state index contributed by atoms with van der Waals surface area (Å²) in [5.41, 5.74) is 0. The quantitative estimate of drug-likeness (QED) is 0.737. The third kappa shape index (κ3) is 2.53. The Labute approximate surface area is 127 Å². The Morgan fingerprint density at radius 1 is 1.35 bits per heavy atom. The minimum absolute atomic E-state index is 0.203. The Morgan fingerprint density at radius 3 is 3.00 bits per heavy atom. The van der Waals surface area contributed by atoms with Gasteiger partial charge >= 0.3 is 0 Å². The molecule has 1 N–H and O–H groups in total. The predicted octanol–water partition coefficient (Wildman–Crippen LogP) is 4.27. The lowest BCUT2D eigenvalue weighted by Gasteiger charge is -2.17. The molecule has 0 aliphatic carbocycles. The number of hydrogen-bond donors (Lipinski definition) is 1. The fourth-order valence-electron chi connectivity index (χ4n) is 2.38. The van der Waals surface area contributed by atoms with Crippen molar-refractivity contribution in [1.82, 2.24) is 14.9 Å². The number of rotatable bonds is 6. The van der Waals surface area contributed by atoms with E-state index in [1.807, 2.05) is 28.9 Å². The van der Waals surface area contributed by atoms with Gasteiger partial charge in [0.1, 0.15) is 11.9 Å². The Morgan fingerprint density at radius 2 is 2.25 bits per heavy atom. The van der Waals surface area contributed by atoms with Crippen LogP contribution in [0, 0.1) is 0 Å². The largest absolute Gasteiger partial charge is 0.334 e. The number of aryl methyl sites for hydroxylation is 1. The highest BCUT2D eigenvalue weighted by Gasteiger charge is 2.20. The Bertz CT molecular complexity index is 651. The SMILES string of the molecule is CCCNC(c1cc2sccc2s1)c1nccn1CC. The molecule has 3 heterocycles. The second kappa shape index (κ2) is 6.08. The van der Waals surface area contributed by atoms with Crippen molar-refractivity contribution in [2.45, 2.75) is 32.9 Å². The van der Waals surface area contributed by atoms with Gasteiger partial charge in [-0.1, -0.05) is 6.92 Å². The van der Waals surface area contributed by atoms with Crippen LogP contribution in [0.25, 0.3) is 9.40 Å². The van der Waals surface area contributed by atoms with E-state index in [0.29, 0.717) is 0 Å². The van der Waals surface area contributed by atoms with Crippen LogP contribution in [-0.2, 0) is 6.54 Å². The van der Waals surface area contributed by atoms with Crippen LogP contribution in [-0.4, -0.2) is 16.1 Å². The number of nitrogens with zero attached hydrogens (tertiary/aromatic N) is 2. The van der Waals surface area contributed by atoms with E-state index >= 15 is 0 Å². The van der Waals surface area contributed by atoms with Crippen LogP contribution in [0.2, 0.25) is 0 Å². The standard InChI is InChI=1S/C15H19N3S2/c1-3-6-16-14(15-17-7-8-18(15)4-2)13-10-12-11(20-13)5-9-19-12/h5,7-10,14,16H,3-4,6H2,1-2H3. The van der Waals surface area contributed by atoms with Gasteiger partial charge in [0, 0.05) is 33.2 Å². The van der Waals surface area contributed by atoms with Crippen molar-refractivity contribution in [3.8, 4) is 0 Å². The van der Waals surface area contributed by atoms with E-state index in [9.17, 15) is 0 Å². The third-order valence-electron chi connectivity index (χ3n) is 3.39. The van der Waals surface area contributed by atoms with Crippen LogP contribution >= 0.6 is 22.7 Å². The summed E-state index contributed by atoms with van der Waals surface area (Å²) >= 11 is 3.69. The van der Waals surface area contributed by atoms with Gasteiger partial charge in [-0.05, 0) is 37.4 Å². The van der Waals surface area contributed by atoms with Crippen LogP contribution in [0.5, 0.6) is 0 Å². The van der Waals surface area contributed by atoms with Crippen molar-refractivity contribution in [1.29, 1.82) is 0 Å². The molecule has 0 amide bonds. The van der Waals surface area contributed by atoms with Gasteiger partial charge in [-0.15, -0.1) is 22.7 Å². The highest BCUT2D eigenvalue weighted by Crippen LogP contribution is 2.35. The molecule has 3 aromatic heterocycles. The summed E-state index contributed by atoms with van der Waals surface area (Å²) in [6.07, 6.45) is 5.09. The summed E-state index contributed by atoms with van der Waals surface area (Å²) in [5.74, 6) is 1.12. The van der Waals surface area contributed by atoms with E-state index in [1.165, 1.54) is 14.3 Å². The number of thiophene rings is 2. The van der Waals surface area contributed by atoms with Crippen LogP contribution in [0.1, 0.15) is 37.0 Å². The van der Waals surface area contributed by atoms with Gasteiger partial charge in [-0.25, -0.2) is 4.98 Å². The molecule has 20 heavy (non-hydrogen) atoms. The molecule has 0 aliphatic heterocycles. The van der Waals surface area contributed by atoms with Gasteiger partial charge in [0.05, 0.1) is 0 Å². The lowest BCUT2D eigenvalue weighted by atomic mass is 10.2. The van der Waals surface area contributed by atoms with E-state index < -0.39 is 0 Å². The average molecular weight is 305 g/mol. The summed E-state index contributed by atoms with van der Waals surface area (Å²) in [5, 5.41) is 5.80. The Hall–Kier alpha value is -1.17. The first-order valence-electron chi connectivity index (χ1n) is 7.04. The molecule has 0 aliphatic rings. The molecular weight excluding hydrogens is 286 g/mol. The number of hydrogen-bond acceptors (Lipinski definition) is 4. The monoisotopic (exact) mass is 305 g/mol. The van der Waals surface area contributed by atoms with Crippen LogP contribution in [0.3, 0.4) is 0 Å². The van der Waals surface area contributed by atoms with Gasteiger partial charge < -0.3 is 9.88 Å². The average Bonchev–Trinajstić information content (AvgIpc) is 3.13. The van der Waals surface area contributed by atoms with Crippen LogP contribution in [0.4, 0.5) is 0 Å². The first-order chi connectivity index (χ1) is 9.83. The molecule has 3 aromatic rings. The lowest BCUT2D eigenvalue weighted by Crippen LogP contribution is -2.25. The number of imidazole rings is 1. The highest BCUT2D eigenvalue weighted by molar-refractivity contribution is 7.27. The molecule has 1 unspecified atom stereocenters. The van der Waals surface area contributed by atoms with Crippen LogP contribution < -0.4 is 5.32 Å². The molecule has 0 saturated heterocycles. The fraction of sp³-hybridized carbons (Fsp3) is 0.400. The normalized spacial score (nSPS) is 13.1. The maximum absolute atomic E-state index is 4.58. The zero-order chi connectivity index (χ0) is 13.9. The van der Waals surface area contributed by atoms with E-state index in [1.54, 1.807) is 0 Å². The molecule has 0 bridgehead atoms. The molecule has 0 spiro atoms. The zero-order valence-electron chi connectivity index (χ0n) is 11.8. The molecule has 1 atom stereocenters. The summed E-state index contributed by atoms with van der Waals surface area (Å²) in [7, 11) is 0. The van der Waals surface area contributed by atoms with Gasteiger partial charge in [-0.3, -0.25) is 0 Å². The predicted molar refractivity (Wildman–Crippen MR) is 87.7 cm³/mol. The Balaban J connectivity index is 1.99. The molecule has 0 radical (unpaired) electrons. The van der Waals surface area contributed by atoms with E-state index in [-0.39, 0.29) is 6.04 Å². The topological polar surface area (TPSA) is 29.9 Å². The molecule has 0 fully saturated rings. The van der Waals surface area contributed by atoms with Gasteiger partial charge in [0.2, 0.25) is 0 Å². The summed E-state index contributed by atoms with van der Waals surface area (Å²) in [6.45, 7) is 6.32. The lowest BCUT2D eigenvalue weighted by molar-refractivity contribution is 0.548. The molecule has 106 valence electrons. The summed E-state index contributed by atoms with van der Waals surface area (Å²) < 4.78 is 4.98. The van der Waals surface area contributed by atoms with Crippen molar-refractivity contribution in [3.05, 3.63) is 40.6 Å². The van der Waals surface area contributed by atoms with Crippen molar-refractivity contribution in [3.63, 3.8) is 0 Å².